The van der Waals surface area contributed by atoms with Crippen LogP contribution in [-0.2, 0) is 12.8 Å². The Morgan fingerprint density at radius 3 is 2.57 bits per heavy atom. The fourth-order valence-electron chi connectivity index (χ4n) is 2.18. The van der Waals surface area contributed by atoms with Crippen molar-refractivity contribution in [1.29, 1.82) is 0 Å². The summed E-state index contributed by atoms with van der Waals surface area (Å²) in [5, 5.41) is 10.5. The van der Waals surface area contributed by atoms with Gasteiger partial charge in [0.2, 0.25) is 0 Å². The molecule has 2 aromatic rings. The van der Waals surface area contributed by atoms with Crippen molar-refractivity contribution < 1.29 is 14.2 Å². The van der Waals surface area contributed by atoms with Crippen LogP contribution in [0.2, 0.25) is 5.02 Å². The number of methoxy groups -OCH3 is 1. The van der Waals surface area contributed by atoms with E-state index in [1.54, 1.807) is 13.2 Å². The minimum atomic E-state index is -0.597. The lowest BCUT2D eigenvalue weighted by atomic mass is 10.0. The number of halogens is 2. The number of ether oxygens (including phenoxy) is 1. The maximum Gasteiger partial charge on any atom is 0.126 e. The van der Waals surface area contributed by atoms with Gasteiger partial charge in [-0.3, -0.25) is 0 Å². The van der Waals surface area contributed by atoms with Gasteiger partial charge in [0.1, 0.15) is 11.6 Å². The number of aliphatic hydroxyl groups excluding tert-OH is 1. The van der Waals surface area contributed by atoms with Crippen molar-refractivity contribution >= 4 is 11.6 Å². The molecule has 0 heterocycles. The summed E-state index contributed by atoms with van der Waals surface area (Å²) in [6.45, 7) is 0. The quantitative estimate of drug-likeness (QED) is 0.873. The lowest BCUT2D eigenvalue weighted by Gasteiger charge is -2.12. The van der Waals surface area contributed by atoms with Crippen LogP contribution in [-0.4, -0.2) is 18.3 Å². The third kappa shape index (κ3) is 4.73. The van der Waals surface area contributed by atoms with Gasteiger partial charge in [-0.25, -0.2) is 4.39 Å². The van der Waals surface area contributed by atoms with E-state index in [1.165, 1.54) is 12.1 Å². The van der Waals surface area contributed by atoms with E-state index in [4.69, 9.17) is 16.3 Å². The van der Waals surface area contributed by atoms with Gasteiger partial charge in [0.05, 0.1) is 13.2 Å². The number of benzene rings is 2. The Morgan fingerprint density at radius 1 is 1.19 bits per heavy atom. The standard InChI is InChI=1S/C17H18ClFO2/c1-21-16-7-3-12(4-8-16)2-6-15(20)11-13-10-14(18)5-9-17(13)19/h3-5,7-10,15,20H,2,6,11H2,1H3. The van der Waals surface area contributed by atoms with Crippen molar-refractivity contribution in [3.05, 3.63) is 64.4 Å². The molecule has 1 unspecified atom stereocenters. The van der Waals surface area contributed by atoms with Gasteiger partial charge < -0.3 is 9.84 Å². The largest absolute Gasteiger partial charge is 0.497 e. The summed E-state index contributed by atoms with van der Waals surface area (Å²) in [4.78, 5) is 0. The number of hydrogen-bond acceptors (Lipinski definition) is 2. The second kappa shape index (κ2) is 7.43. The van der Waals surface area contributed by atoms with Crippen molar-refractivity contribution in [2.24, 2.45) is 0 Å². The Bertz CT molecular complexity index is 584. The van der Waals surface area contributed by atoms with E-state index >= 15 is 0 Å². The minimum absolute atomic E-state index is 0.266. The Hall–Kier alpha value is -1.58. The van der Waals surface area contributed by atoms with Crippen LogP contribution in [0.1, 0.15) is 17.5 Å². The molecule has 2 rings (SSSR count). The lowest BCUT2D eigenvalue weighted by molar-refractivity contribution is 0.164. The van der Waals surface area contributed by atoms with Crippen molar-refractivity contribution in [3.8, 4) is 5.75 Å². The van der Waals surface area contributed by atoms with Crippen LogP contribution in [0, 0.1) is 5.82 Å². The normalized spacial score (nSPS) is 12.2. The molecule has 1 N–H and O–H groups in total. The van der Waals surface area contributed by atoms with Crippen molar-refractivity contribution in [2.45, 2.75) is 25.4 Å². The summed E-state index contributed by atoms with van der Waals surface area (Å²) in [7, 11) is 1.62. The van der Waals surface area contributed by atoms with Gasteiger partial charge in [-0.1, -0.05) is 23.7 Å². The maximum absolute atomic E-state index is 13.6. The van der Waals surface area contributed by atoms with Gasteiger partial charge in [0, 0.05) is 11.4 Å². The summed E-state index contributed by atoms with van der Waals surface area (Å²) in [6.07, 6.45) is 0.967. The average molecular weight is 309 g/mol. The molecular weight excluding hydrogens is 291 g/mol. The van der Waals surface area contributed by atoms with Crippen LogP contribution in [0.5, 0.6) is 5.75 Å². The van der Waals surface area contributed by atoms with E-state index in [2.05, 4.69) is 0 Å². The molecule has 0 radical (unpaired) electrons. The average Bonchev–Trinajstić information content (AvgIpc) is 2.49. The predicted molar refractivity (Wildman–Crippen MR) is 82.4 cm³/mol. The van der Waals surface area contributed by atoms with Gasteiger partial charge >= 0.3 is 0 Å². The van der Waals surface area contributed by atoms with Crippen LogP contribution in [0.3, 0.4) is 0 Å². The van der Waals surface area contributed by atoms with E-state index < -0.39 is 6.10 Å². The molecule has 0 aliphatic heterocycles. The van der Waals surface area contributed by atoms with E-state index in [-0.39, 0.29) is 12.2 Å². The molecule has 0 aromatic heterocycles. The first-order chi connectivity index (χ1) is 10.1. The van der Waals surface area contributed by atoms with Gasteiger partial charge in [-0.15, -0.1) is 0 Å². The first-order valence-electron chi connectivity index (χ1n) is 6.83. The van der Waals surface area contributed by atoms with Crippen LogP contribution in [0.15, 0.2) is 42.5 Å². The third-order valence-electron chi connectivity index (χ3n) is 3.39. The lowest BCUT2D eigenvalue weighted by Crippen LogP contribution is -2.12. The highest BCUT2D eigenvalue weighted by molar-refractivity contribution is 6.30. The molecule has 0 fully saturated rings. The van der Waals surface area contributed by atoms with E-state index in [0.717, 1.165) is 17.7 Å². The highest BCUT2D eigenvalue weighted by Gasteiger charge is 2.10. The summed E-state index contributed by atoms with van der Waals surface area (Å²) >= 11 is 5.84. The maximum atomic E-state index is 13.6. The zero-order valence-electron chi connectivity index (χ0n) is 11.9. The highest BCUT2D eigenvalue weighted by Crippen LogP contribution is 2.18. The smallest absolute Gasteiger partial charge is 0.126 e. The SMILES string of the molecule is COc1ccc(CCC(O)Cc2cc(Cl)ccc2F)cc1. The van der Waals surface area contributed by atoms with Crippen molar-refractivity contribution in [1.82, 2.24) is 0 Å². The molecule has 0 saturated heterocycles. The molecule has 4 heteroatoms. The molecule has 0 amide bonds. The minimum Gasteiger partial charge on any atom is -0.497 e. The van der Waals surface area contributed by atoms with Crippen molar-refractivity contribution in [3.63, 3.8) is 0 Å². The molecule has 0 aliphatic rings. The van der Waals surface area contributed by atoms with Crippen LogP contribution >= 0.6 is 11.6 Å². The molecule has 2 nitrogen and oxygen atoms in total. The van der Waals surface area contributed by atoms with E-state index in [9.17, 15) is 9.50 Å². The van der Waals surface area contributed by atoms with Crippen molar-refractivity contribution in [2.75, 3.05) is 7.11 Å². The molecule has 1 atom stereocenters. The molecule has 0 saturated carbocycles. The van der Waals surface area contributed by atoms with Gasteiger partial charge in [-0.2, -0.15) is 0 Å². The van der Waals surface area contributed by atoms with Gasteiger partial charge in [-0.05, 0) is 54.3 Å². The fraction of sp³-hybridized carbons (Fsp3) is 0.294. The Kier molecular flexibility index (Phi) is 5.59. The Labute approximate surface area is 129 Å². The first-order valence-corrected chi connectivity index (χ1v) is 7.21. The molecule has 0 bridgehead atoms. The number of rotatable bonds is 6. The summed E-state index contributed by atoms with van der Waals surface area (Å²) in [5.41, 5.74) is 1.56. The second-order valence-corrected chi connectivity index (χ2v) is 5.42. The second-order valence-electron chi connectivity index (χ2n) is 4.98. The van der Waals surface area contributed by atoms with Crippen LogP contribution < -0.4 is 4.74 Å². The predicted octanol–water partition coefficient (Wildman–Crippen LogP) is 4.02. The van der Waals surface area contributed by atoms with Crippen LogP contribution in [0.4, 0.5) is 4.39 Å². The Morgan fingerprint density at radius 2 is 1.90 bits per heavy atom. The zero-order valence-corrected chi connectivity index (χ0v) is 12.6. The molecule has 112 valence electrons. The van der Waals surface area contributed by atoms with Gasteiger partial charge in [0.15, 0.2) is 0 Å². The van der Waals surface area contributed by atoms with Crippen LogP contribution in [0.25, 0.3) is 0 Å². The summed E-state index contributed by atoms with van der Waals surface area (Å²) in [6, 6.07) is 12.1. The molecule has 0 spiro atoms. The molecule has 21 heavy (non-hydrogen) atoms. The highest BCUT2D eigenvalue weighted by atomic mass is 35.5. The first kappa shape index (κ1) is 15.8. The topological polar surface area (TPSA) is 29.5 Å². The zero-order chi connectivity index (χ0) is 15.2. The molecular formula is C17H18ClFO2. The monoisotopic (exact) mass is 308 g/mol. The number of hydrogen-bond donors (Lipinski definition) is 1. The van der Waals surface area contributed by atoms with Gasteiger partial charge in [0.25, 0.3) is 0 Å². The van der Waals surface area contributed by atoms with E-state index in [1.807, 2.05) is 24.3 Å². The summed E-state index contributed by atoms with van der Waals surface area (Å²) in [5.74, 6) is 0.475. The number of aliphatic hydroxyl groups is 1. The third-order valence-corrected chi connectivity index (χ3v) is 3.62. The van der Waals surface area contributed by atoms with E-state index in [0.29, 0.717) is 17.0 Å². The summed E-state index contributed by atoms with van der Waals surface area (Å²) < 4.78 is 18.7. The molecule has 2 aromatic carbocycles. The number of aryl methyl sites for hydroxylation is 1. The fourth-order valence-corrected chi connectivity index (χ4v) is 2.38. The molecule has 0 aliphatic carbocycles. The Balaban J connectivity index is 1.89.